The van der Waals surface area contributed by atoms with Crippen molar-refractivity contribution in [3.63, 3.8) is 0 Å². The Morgan fingerprint density at radius 2 is 1.94 bits per heavy atom. The standard InChI is InChI=1S/C15H27NO/c1-10(2)16-11(3)8-12-9-17-14-7-5-4-6-13(14)15(12)16/h10-15H,4-9H2,1-3H3. The fourth-order valence-corrected chi connectivity index (χ4v) is 4.80. The molecule has 1 aliphatic carbocycles. The molecule has 0 aromatic carbocycles. The number of hydrogen-bond donors (Lipinski definition) is 0. The molecule has 0 N–H and O–H groups in total. The Morgan fingerprint density at radius 3 is 2.71 bits per heavy atom. The van der Waals surface area contributed by atoms with E-state index in [1.807, 2.05) is 0 Å². The van der Waals surface area contributed by atoms with Crippen LogP contribution in [0.15, 0.2) is 0 Å². The lowest BCUT2D eigenvalue weighted by Crippen LogP contribution is -2.53. The van der Waals surface area contributed by atoms with E-state index in [2.05, 4.69) is 25.7 Å². The average molecular weight is 237 g/mol. The summed E-state index contributed by atoms with van der Waals surface area (Å²) in [5, 5.41) is 0. The number of hydrogen-bond acceptors (Lipinski definition) is 2. The zero-order chi connectivity index (χ0) is 12.0. The molecule has 1 saturated carbocycles. The summed E-state index contributed by atoms with van der Waals surface area (Å²) in [6.07, 6.45) is 7.46. The van der Waals surface area contributed by atoms with Crippen molar-refractivity contribution in [3.05, 3.63) is 0 Å². The number of ether oxygens (including phenoxy) is 1. The summed E-state index contributed by atoms with van der Waals surface area (Å²) in [7, 11) is 0. The summed E-state index contributed by atoms with van der Waals surface area (Å²) in [5.41, 5.74) is 0. The molecule has 2 nitrogen and oxygen atoms in total. The minimum absolute atomic E-state index is 0.580. The van der Waals surface area contributed by atoms with Crippen LogP contribution in [0.4, 0.5) is 0 Å². The van der Waals surface area contributed by atoms with Crippen molar-refractivity contribution in [2.75, 3.05) is 6.61 Å². The van der Waals surface area contributed by atoms with Crippen molar-refractivity contribution in [2.45, 2.75) is 77.1 Å². The molecule has 0 aromatic heterocycles. The van der Waals surface area contributed by atoms with Gasteiger partial charge in [-0.15, -0.1) is 0 Å². The Labute approximate surface area is 106 Å². The van der Waals surface area contributed by atoms with Crippen LogP contribution in [0.3, 0.4) is 0 Å². The lowest BCUT2D eigenvalue weighted by molar-refractivity contribution is -0.107. The summed E-state index contributed by atoms with van der Waals surface area (Å²) >= 11 is 0. The molecule has 0 amide bonds. The maximum atomic E-state index is 6.15. The molecular formula is C15H27NO. The molecule has 0 radical (unpaired) electrons. The van der Waals surface area contributed by atoms with Gasteiger partial charge in [0, 0.05) is 24.0 Å². The number of rotatable bonds is 1. The van der Waals surface area contributed by atoms with Crippen LogP contribution in [0.1, 0.15) is 52.9 Å². The highest BCUT2D eigenvalue weighted by molar-refractivity contribution is 5.02. The second-order valence-electron chi connectivity index (χ2n) is 6.70. The van der Waals surface area contributed by atoms with Crippen molar-refractivity contribution in [2.24, 2.45) is 11.8 Å². The fourth-order valence-electron chi connectivity index (χ4n) is 4.80. The van der Waals surface area contributed by atoms with Gasteiger partial charge in [0.05, 0.1) is 12.7 Å². The Morgan fingerprint density at radius 1 is 1.18 bits per heavy atom. The van der Waals surface area contributed by atoms with Gasteiger partial charge in [0.25, 0.3) is 0 Å². The lowest BCUT2D eigenvalue weighted by Gasteiger charge is -2.47. The summed E-state index contributed by atoms with van der Waals surface area (Å²) in [4.78, 5) is 2.80. The third kappa shape index (κ3) is 1.94. The van der Waals surface area contributed by atoms with Gasteiger partial charge in [-0.3, -0.25) is 4.90 Å². The smallest absolute Gasteiger partial charge is 0.0618 e. The van der Waals surface area contributed by atoms with E-state index in [-0.39, 0.29) is 0 Å². The molecular weight excluding hydrogens is 210 g/mol. The summed E-state index contributed by atoms with van der Waals surface area (Å²) < 4.78 is 6.15. The van der Waals surface area contributed by atoms with Crippen molar-refractivity contribution in [3.8, 4) is 0 Å². The lowest BCUT2D eigenvalue weighted by atomic mass is 9.75. The van der Waals surface area contributed by atoms with Crippen molar-refractivity contribution < 1.29 is 4.74 Å². The minimum atomic E-state index is 0.580. The summed E-state index contributed by atoms with van der Waals surface area (Å²) in [5.74, 6) is 1.64. The highest BCUT2D eigenvalue weighted by Gasteiger charge is 2.50. The molecule has 98 valence electrons. The minimum Gasteiger partial charge on any atom is -0.378 e. The molecule has 0 bridgehead atoms. The van der Waals surface area contributed by atoms with Crippen molar-refractivity contribution >= 4 is 0 Å². The molecule has 2 saturated heterocycles. The highest BCUT2D eigenvalue weighted by atomic mass is 16.5. The molecule has 3 fully saturated rings. The van der Waals surface area contributed by atoms with Crippen LogP contribution in [-0.2, 0) is 4.74 Å². The maximum absolute atomic E-state index is 6.15. The number of fused-ring (bicyclic) bond motifs is 3. The highest BCUT2D eigenvalue weighted by Crippen LogP contribution is 2.45. The first kappa shape index (κ1) is 12.0. The third-order valence-electron chi connectivity index (χ3n) is 5.29. The summed E-state index contributed by atoms with van der Waals surface area (Å²) in [6, 6.07) is 2.28. The Kier molecular flexibility index (Phi) is 3.20. The molecule has 0 aromatic rings. The van der Waals surface area contributed by atoms with Gasteiger partial charge in [-0.25, -0.2) is 0 Å². The fraction of sp³-hybridized carbons (Fsp3) is 1.00. The normalized spacial score (nSPS) is 46.9. The van der Waals surface area contributed by atoms with Crippen LogP contribution in [0.5, 0.6) is 0 Å². The predicted molar refractivity (Wildman–Crippen MR) is 70.0 cm³/mol. The van der Waals surface area contributed by atoms with Crippen molar-refractivity contribution in [1.82, 2.24) is 4.90 Å². The molecule has 2 heterocycles. The van der Waals surface area contributed by atoms with Gasteiger partial charge in [-0.05, 0) is 46.0 Å². The maximum Gasteiger partial charge on any atom is 0.0618 e. The SMILES string of the molecule is CC(C)N1C(C)CC2COC3CCCCC3C21. The van der Waals surface area contributed by atoms with E-state index in [1.54, 1.807) is 0 Å². The van der Waals surface area contributed by atoms with Crippen LogP contribution >= 0.6 is 0 Å². The molecule has 2 aliphatic heterocycles. The van der Waals surface area contributed by atoms with Gasteiger partial charge in [-0.2, -0.15) is 0 Å². The Balaban J connectivity index is 1.84. The van der Waals surface area contributed by atoms with E-state index < -0.39 is 0 Å². The van der Waals surface area contributed by atoms with Crippen LogP contribution in [-0.4, -0.2) is 35.7 Å². The second-order valence-corrected chi connectivity index (χ2v) is 6.70. The van der Waals surface area contributed by atoms with E-state index in [0.717, 1.165) is 30.5 Å². The quantitative estimate of drug-likeness (QED) is 0.695. The van der Waals surface area contributed by atoms with Gasteiger partial charge >= 0.3 is 0 Å². The zero-order valence-corrected chi connectivity index (χ0v) is 11.6. The number of nitrogens with zero attached hydrogens (tertiary/aromatic N) is 1. The van der Waals surface area contributed by atoms with Crippen LogP contribution in [0, 0.1) is 11.8 Å². The molecule has 17 heavy (non-hydrogen) atoms. The van der Waals surface area contributed by atoms with Gasteiger partial charge in [0.1, 0.15) is 0 Å². The molecule has 5 unspecified atom stereocenters. The van der Waals surface area contributed by atoms with Gasteiger partial charge in [0.2, 0.25) is 0 Å². The number of likely N-dealkylation sites (tertiary alicyclic amines) is 1. The van der Waals surface area contributed by atoms with Gasteiger partial charge in [-0.1, -0.05) is 12.8 Å². The first-order valence-electron chi connectivity index (χ1n) is 7.57. The van der Waals surface area contributed by atoms with E-state index in [0.29, 0.717) is 12.1 Å². The van der Waals surface area contributed by atoms with Gasteiger partial charge in [0.15, 0.2) is 0 Å². The van der Waals surface area contributed by atoms with E-state index in [1.165, 1.54) is 32.1 Å². The topological polar surface area (TPSA) is 12.5 Å². The van der Waals surface area contributed by atoms with E-state index in [9.17, 15) is 0 Å². The van der Waals surface area contributed by atoms with Gasteiger partial charge < -0.3 is 4.74 Å². The average Bonchev–Trinajstić information content (AvgIpc) is 2.65. The molecule has 3 rings (SSSR count). The second kappa shape index (κ2) is 4.55. The predicted octanol–water partition coefficient (Wildman–Crippen LogP) is 3.06. The van der Waals surface area contributed by atoms with E-state index >= 15 is 0 Å². The van der Waals surface area contributed by atoms with E-state index in [4.69, 9.17) is 4.74 Å². The third-order valence-corrected chi connectivity index (χ3v) is 5.29. The Bertz CT molecular complexity index is 278. The van der Waals surface area contributed by atoms with Crippen LogP contribution in [0.25, 0.3) is 0 Å². The molecule has 2 heteroatoms. The first-order valence-corrected chi connectivity index (χ1v) is 7.57. The largest absolute Gasteiger partial charge is 0.378 e. The monoisotopic (exact) mass is 237 g/mol. The molecule has 3 aliphatic rings. The first-order chi connectivity index (χ1) is 8.18. The van der Waals surface area contributed by atoms with Crippen molar-refractivity contribution in [1.29, 1.82) is 0 Å². The zero-order valence-electron chi connectivity index (χ0n) is 11.6. The molecule has 5 atom stereocenters. The summed E-state index contributed by atoms with van der Waals surface area (Å²) in [6.45, 7) is 8.17. The molecule has 0 spiro atoms. The van der Waals surface area contributed by atoms with Crippen LogP contribution in [0.2, 0.25) is 0 Å². The van der Waals surface area contributed by atoms with Crippen LogP contribution < -0.4 is 0 Å². The Hall–Kier alpha value is -0.0800.